The molecule has 106 valence electrons. The second-order valence-electron chi connectivity index (χ2n) is 5.00. The number of carbonyl (C=O) groups is 1. The SMILES string of the molecule is CC(NC(=O)c1cccc2cc[nH]c12)c1cccc(F)c1. The number of H-pyrrole nitrogens is 1. The van der Waals surface area contributed by atoms with Gasteiger partial charge in [-0.1, -0.05) is 24.3 Å². The van der Waals surface area contributed by atoms with E-state index in [1.165, 1.54) is 12.1 Å². The first-order chi connectivity index (χ1) is 10.1. The highest BCUT2D eigenvalue weighted by atomic mass is 19.1. The molecule has 0 saturated heterocycles. The molecule has 0 aliphatic rings. The van der Waals surface area contributed by atoms with Crippen LogP contribution in [0.3, 0.4) is 0 Å². The Morgan fingerprint density at radius 3 is 2.81 bits per heavy atom. The summed E-state index contributed by atoms with van der Waals surface area (Å²) in [6.07, 6.45) is 1.80. The molecule has 2 aromatic carbocycles. The van der Waals surface area contributed by atoms with Crippen molar-refractivity contribution in [2.24, 2.45) is 0 Å². The first-order valence-electron chi connectivity index (χ1n) is 6.77. The lowest BCUT2D eigenvalue weighted by atomic mass is 10.1. The van der Waals surface area contributed by atoms with Gasteiger partial charge >= 0.3 is 0 Å². The number of fused-ring (bicyclic) bond motifs is 1. The van der Waals surface area contributed by atoms with Crippen molar-refractivity contribution >= 4 is 16.8 Å². The van der Waals surface area contributed by atoms with Crippen LogP contribution in [0.1, 0.15) is 28.9 Å². The summed E-state index contributed by atoms with van der Waals surface area (Å²) in [5.41, 5.74) is 2.13. The summed E-state index contributed by atoms with van der Waals surface area (Å²) in [6.45, 7) is 1.83. The van der Waals surface area contributed by atoms with Gasteiger partial charge < -0.3 is 10.3 Å². The van der Waals surface area contributed by atoms with Crippen LogP contribution in [-0.4, -0.2) is 10.9 Å². The number of para-hydroxylation sites is 1. The third-order valence-electron chi connectivity index (χ3n) is 3.53. The Morgan fingerprint density at radius 2 is 2.00 bits per heavy atom. The number of aromatic amines is 1. The molecule has 2 N–H and O–H groups in total. The average Bonchev–Trinajstić information content (AvgIpc) is 2.95. The zero-order valence-corrected chi connectivity index (χ0v) is 11.6. The van der Waals surface area contributed by atoms with Crippen LogP contribution in [0.25, 0.3) is 10.9 Å². The Kier molecular flexibility index (Phi) is 3.44. The van der Waals surface area contributed by atoms with E-state index in [-0.39, 0.29) is 17.8 Å². The molecule has 1 aromatic heterocycles. The van der Waals surface area contributed by atoms with Crippen LogP contribution in [0.15, 0.2) is 54.7 Å². The number of rotatable bonds is 3. The molecule has 1 amide bonds. The number of carbonyl (C=O) groups excluding carboxylic acids is 1. The van der Waals surface area contributed by atoms with E-state index in [9.17, 15) is 9.18 Å². The Morgan fingerprint density at radius 1 is 1.19 bits per heavy atom. The number of amides is 1. The number of nitrogens with one attached hydrogen (secondary N) is 2. The minimum absolute atomic E-state index is 0.181. The average molecular weight is 282 g/mol. The fourth-order valence-electron chi connectivity index (χ4n) is 2.41. The van der Waals surface area contributed by atoms with Crippen LogP contribution in [0.2, 0.25) is 0 Å². The highest BCUT2D eigenvalue weighted by Crippen LogP contribution is 2.19. The topological polar surface area (TPSA) is 44.9 Å². The summed E-state index contributed by atoms with van der Waals surface area (Å²) in [5, 5.41) is 3.88. The maximum absolute atomic E-state index is 13.2. The first kappa shape index (κ1) is 13.4. The van der Waals surface area contributed by atoms with Crippen LogP contribution in [0.5, 0.6) is 0 Å². The van der Waals surface area contributed by atoms with Crippen LogP contribution in [0, 0.1) is 5.82 Å². The second kappa shape index (κ2) is 5.40. The molecule has 0 aliphatic carbocycles. The fourth-order valence-corrected chi connectivity index (χ4v) is 2.41. The summed E-state index contributed by atoms with van der Waals surface area (Å²) in [5.74, 6) is -0.486. The third-order valence-corrected chi connectivity index (χ3v) is 3.53. The second-order valence-corrected chi connectivity index (χ2v) is 5.00. The van der Waals surface area contributed by atoms with Crippen molar-refractivity contribution < 1.29 is 9.18 Å². The van der Waals surface area contributed by atoms with Gasteiger partial charge in [-0.15, -0.1) is 0 Å². The number of halogens is 1. The highest BCUT2D eigenvalue weighted by molar-refractivity contribution is 6.05. The molecule has 1 unspecified atom stereocenters. The normalized spacial score (nSPS) is 12.3. The smallest absolute Gasteiger partial charge is 0.253 e. The van der Waals surface area contributed by atoms with Crippen LogP contribution in [-0.2, 0) is 0 Å². The molecular formula is C17H15FN2O. The maximum atomic E-state index is 13.2. The van der Waals surface area contributed by atoms with Crippen molar-refractivity contribution in [3.05, 3.63) is 71.7 Å². The van der Waals surface area contributed by atoms with Gasteiger partial charge in [0.2, 0.25) is 0 Å². The van der Waals surface area contributed by atoms with Crippen molar-refractivity contribution in [2.75, 3.05) is 0 Å². The molecule has 0 bridgehead atoms. The van der Waals surface area contributed by atoms with Crippen molar-refractivity contribution in [2.45, 2.75) is 13.0 Å². The largest absolute Gasteiger partial charge is 0.361 e. The molecule has 0 aliphatic heterocycles. The molecule has 0 fully saturated rings. The van der Waals surface area contributed by atoms with Gasteiger partial charge in [-0.25, -0.2) is 4.39 Å². The van der Waals surface area contributed by atoms with Gasteiger partial charge in [-0.2, -0.15) is 0 Å². The van der Waals surface area contributed by atoms with E-state index in [0.29, 0.717) is 5.56 Å². The molecule has 0 spiro atoms. The Balaban J connectivity index is 1.85. The lowest BCUT2D eigenvalue weighted by Gasteiger charge is -2.15. The van der Waals surface area contributed by atoms with E-state index in [2.05, 4.69) is 10.3 Å². The summed E-state index contributed by atoms with van der Waals surface area (Å²) in [4.78, 5) is 15.5. The summed E-state index contributed by atoms with van der Waals surface area (Å²) >= 11 is 0. The van der Waals surface area contributed by atoms with E-state index < -0.39 is 0 Å². The molecule has 3 aromatic rings. The van der Waals surface area contributed by atoms with E-state index in [1.54, 1.807) is 24.4 Å². The zero-order chi connectivity index (χ0) is 14.8. The summed E-state index contributed by atoms with van der Waals surface area (Å²) < 4.78 is 13.2. The van der Waals surface area contributed by atoms with Gasteiger partial charge in [-0.3, -0.25) is 4.79 Å². The minimum atomic E-state index is -0.305. The predicted octanol–water partition coefficient (Wildman–Crippen LogP) is 3.80. The van der Waals surface area contributed by atoms with Crippen molar-refractivity contribution in [3.8, 4) is 0 Å². The van der Waals surface area contributed by atoms with E-state index in [4.69, 9.17) is 0 Å². The van der Waals surface area contributed by atoms with Crippen LogP contribution < -0.4 is 5.32 Å². The van der Waals surface area contributed by atoms with Crippen molar-refractivity contribution in [1.82, 2.24) is 10.3 Å². The van der Waals surface area contributed by atoms with E-state index in [0.717, 1.165) is 16.5 Å². The highest BCUT2D eigenvalue weighted by Gasteiger charge is 2.14. The fraction of sp³-hybridized carbons (Fsp3) is 0.118. The Hall–Kier alpha value is -2.62. The van der Waals surface area contributed by atoms with Gasteiger partial charge in [0, 0.05) is 11.6 Å². The zero-order valence-electron chi connectivity index (χ0n) is 11.6. The number of benzene rings is 2. The van der Waals surface area contributed by atoms with Gasteiger partial charge in [0.25, 0.3) is 5.91 Å². The molecule has 3 rings (SSSR count). The molecule has 21 heavy (non-hydrogen) atoms. The lowest BCUT2D eigenvalue weighted by Crippen LogP contribution is -2.26. The van der Waals surface area contributed by atoms with Gasteiger partial charge in [0.1, 0.15) is 5.82 Å². The molecule has 3 nitrogen and oxygen atoms in total. The van der Waals surface area contributed by atoms with Gasteiger partial charge in [-0.05, 0) is 36.8 Å². The van der Waals surface area contributed by atoms with Crippen LogP contribution >= 0.6 is 0 Å². The van der Waals surface area contributed by atoms with Crippen molar-refractivity contribution in [3.63, 3.8) is 0 Å². The minimum Gasteiger partial charge on any atom is -0.361 e. The lowest BCUT2D eigenvalue weighted by molar-refractivity contribution is 0.0941. The summed E-state index contributed by atoms with van der Waals surface area (Å²) in [7, 11) is 0. The monoisotopic (exact) mass is 282 g/mol. The van der Waals surface area contributed by atoms with Crippen molar-refractivity contribution in [1.29, 1.82) is 0 Å². The molecule has 4 heteroatoms. The molecule has 1 heterocycles. The Bertz CT molecular complexity index is 794. The van der Waals surface area contributed by atoms with E-state index in [1.807, 2.05) is 25.1 Å². The maximum Gasteiger partial charge on any atom is 0.253 e. The molecule has 1 atom stereocenters. The number of aromatic nitrogens is 1. The van der Waals surface area contributed by atoms with E-state index >= 15 is 0 Å². The standard InChI is InChI=1S/C17H15FN2O/c1-11(13-5-2-6-14(18)10-13)20-17(21)15-7-3-4-12-8-9-19-16(12)15/h2-11,19H,1H3,(H,20,21). The van der Waals surface area contributed by atoms with Crippen LogP contribution in [0.4, 0.5) is 4.39 Å². The Labute approximate surface area is 121 Å². The number of hydrogen-bond acceptors (Lipinski definition) is 1. The first-order valence-corrected chi connectivity index (χ1v) is 6.77. The van der Waals surface area contributed by atoms with Gasteiger partial charge in [0.15, 0.2) is 0 Å². The predicted molar refractivity (Wildman–Crippen MR) is 80.6 cm³/mol. The number of hydrogen-bond donors (Lipinski definition) is 2. The van der Waals surface area contributed by atoms with Gasteiger partial charge in [0.05, 0.1) is 17.1 Å². The summed E-state index contributed by atoms with van der Waals surface area (Å²) in [6, 6.07) is 13.5. The third kappa shape index (κ3) is 2.65. The molecular weight excluding hydrogens is 267 g/mol. The molecule has 0 radical (unpaired) electrons. The quantitative estimate of drug-likeness (QED) is 0.754. The molecule has 0 saturated carbocycles.